The molecule has 1 aromatic rings. The Hall–Kier alpha value is -1.55. The van der Waals surface area contributed by atoms with Crippen LogP contribution in [0.15, 0.2) is 24.3 Å². The molecule has 4 nitrogen and oxygen atoms in total. The number of para-hydroxylation sites is 1. The zero-order valence-corrected chi connectivity index (χ0v) is 13.8. The molecule has 0 unspecified atom stereocenters. The largest absolute Gasteiger partial charge is 0.508 e. The van der Waals surface area contributed by atoms with E-state index in [4.69, 9.17) is 4.74 Å². The molecule has 0 radical (unpaired) electrons. The van der Waals surface area contributed by atoms with Crippen LogP contribution in [0.4, 0.5) is 0 Å². The highest BCUT2D eigenvalue weighted by Crippen LogP contribution is 2.33. The second-order valence-corrected chi connectivity index (χ2v) is 7.17. The SMILES string of the molecule is CC(C)(C)[C@H]1OCCC[C@H]1CNC(=O)Cc1ccccc1O. The fraction of sp³-hybridized carbons (Fsp3) is 0.611. The van der Waals surface area contributed by atoms with Crippen molar-refractivity contribution in [2.24, 2.45) is 11.3 Å². The van der Waals surface area contributed by atoms with Crippen LogP contribution in [-0.2, 0) is 16.0 Å². The summed E-state index contributed by atoms with van der Waals surface area (Å²) in [4.78, 5) is 12.1. The normalized spacial score (nSPS) is 22.3. The third kappa shape index (κ3) is 4.47. The number of ether oxygens (including phenoxy) is 1. The lowest BCUT2D eigenvalue weighted by molar-refractivity contribution is -0.122. The number of carbonyl (C=O) groups is 1. The summed E-state index contributed by atoms with van der Waals surface area (Å²) in [6, 6.07) is 6.96. The van der Waals surface area contributed by atoms with Crippen LogP contribution in [0.3, 0.4) is 0 Å². The van der Waals surface area contributed by atoms with Crippen molar-refractivity contribution in [1.29, 1.82) is 0 Å². The average molecular weight is 305 g/mol. The van der Waals surface area contributed by atoms with Gasteiger partial charge in [0.2, 0.25) is 5.91 Å². The van der Waals surface area contributed by atoms with E-state index >= 15 is 0 Å². The highest BCUT2D eigenvalue weighted by atomic mass is 16.5. The zero-order valence-electron chi connectivity index (χ0n) is 13.8. The van der Waals surface area contributed by atoms with Crippen LogP contribution in [0.5, 0.6) is 5.75 Å². The van der Waals surface area contributed by atoms with Crippen molar-refractivity contribution in [2.45, 2.75) is 46.1 Å². The molecule has 0 saturated carbocycles. The van der Waals surface area contributed by atoms with Gasteiger partial charge in [0.05, 0.1) is 12.5 Å². The molecule has 122 valence electrons. The van der Waals surface area contributed by atoms with E-state index in [0.29, 0.717) is 18.0 Å². The summed E-state index contributed by atoms with van der Waals surface area (Å²) in [5.74, 6) is 0.466. The molecule has 1 saturated heterocycles. The van der Waals surface area contributed by atoms with E-state index in [9.17, 15) is 9.90 Å². The van der Waals surface area contributed by atoms with Crippen LogP contribution < -0.4 is 5.32 Å². The Kier molecular flexibility index (Phi) is 5.46. The molecular formula is C18H27NO3. The summed E-state index contributed by atoms with van der Waals surface area (Å²) in [5, 5.41) is 12.7. The van der Waals surface area contributed by atoms with Gasteiger partial charge in [-0.05, 0) is 24.3 Å². The van der Waals surface area contributed by atoms with Gasteiger partial charge in [0.1, 0.15) is 5.75 Å². The van der Waals surface area contributed by atoms with Gasteiger partial charge in [-0.3, -0.25) is 4.79 Å². The Bertz CT molecular complexity index is 507. The summed E-state index contributed by atoms with van der Waals surface area (Å²) in [6.07, 6.45) is 2.51. The van der Waals surface area contributed by atoms with Crippen LogP contribution >= 0.6 is 0 Å². The molecule has 1 heterocycles. The topological polar surface area (TPSA) is 58.6 Å². The molecule has 2 atom stereocenters. The maximum absolute atomic E-state index is 12.1. The highest BCUT2D eigenvalue weighted by molar-refractivity contribution is 5.79. The van der Waals surface area contributed by atoms with Crippen molar-refractivity contribution in [3.63, 3.8) is 0 Å². The first kappa shape index (κ1) is 16.8. The molecule has 4 heteroatoms. The summed E-state index contributed by atoms with van der Waals surface area (Å²) >= 11 is 0. The van der Waals surface area contributed by atoms with Gasteiger partial charge in [0.15, 0.2) is 0 Å². The number of carbonyl (C=O) groups excluding carboxylic acids is 1. The van der Waals surface area contributed by atoms with Crippen LogP contribution in [0.25, 0.3) is 0 Å². The van der Waals surface area contributed by atoms with Gasteiger partial charge in [-0.1, -0.05) is 39.0 Å². The summed E-state index contributed by atoms with van der Waals surface area (Å²) in [5.41, 5.74) is 0.736. The van der Waals surface area contributed by atoms with Crippen molar-refractivity contribution < 1.29 is 14.6 Å². The van der Waals surface area contributed by atoms with Crippen molar-refractivity contribution in [2.75, 3.05) is 13.2 Å². The molecule has 22 heavy (non-hydrogen) atoms. The van der Waals surface area contributed by atoms with E-state index in [1.54, 1.807) is 18.2 Å². The summed E-state index contributed by atoms with van der Waals surface area (Å²) in [6.45, 7) is 7.98. The molecule has 0 spiro atoms. The minimum absolute atomic E-state index is 0.0558. The van der Waals surface area contributed by atoms with E-state index < -0.39 is 0 Å². The standard InChI is InChI=1S/C18H27NO3/c1-18(2,3)17-14(8-6-10-22-17)12-19-16(21)11-13-7-4-5-9-15(13)20/h4-5,7,9,14,17,20H,6,8,10-12H2,1-3H3,(H,19,21)/t14-,17-/m0/s1. The monoisotopic (exact) mass is 305 g/mol. The number of aromatic hydroxyl groups is 1. The molecule has 1 amide bonds. The van der Waals surface area contributed by atoms with Crippen molar-refractivity contribution in [3.05, 3.63) is 29.8 Å². The fourth-order valence-electron chi connectivity index (χ4n) is 3.15. The van der Waals surface area contributed by atoms with Gasteiger partial charge in [0.25, 0.3) is 0 Å². The van der Waals surface area contributed by atoms with Gasteiger partial charge >= 0.3 is 0 Å². The van der Waals surface area contributed by atoms with Gasteiger partial charge in [0, 0.05) is 24.6 Å². The van der Waals surface area contributed by atoms with Gasteiger partial charge < -0.3 is 15.2 Å². The molecular weight excluding hydrogens is 278 g/mol. The van der Waals surface area contributed by atoms with Crippen molar-refractivity contribution in [1.82, 2.24) is 5.32 Å². The lowest BCUT2D eigenvalue weighted by atomic mass is 9.78. The molecule has 0 aliphatic carbocycles. The third-order valence-electron chi connectivity index (χ3n) is 4.20. The lowest BCUT2D eigenvalue weighted by Crippen LogP contribution is -2.45. The van der Waals surface area contributed by atoms with Gasteiger partial charge in [-0.25, -0.2) is 0 Å². The number of phenols is 1. The van der Waals surface area contributed by atoms with Crippen LogP contribution in [-0.4, -0.2) is 30.3 Å². The number of amides is 1. The predicted octanol–water partition coefficient (Wildman–Crippen LogP) is 2.89. The maximum atomic E-state index is 12.1. The number of rotatable bonds is 4. The lowest BCUT2D eigenvalue weighted by Gasteiger charge is -2.40. The van der Waals surface area contributed by atoms with Gasteiger partial charge in [-0.2, -0.15) is 0 Å². The first-order valence-electron chi connectivity index (χ1n) is 8.03. The Morgan fingerprint density at radius 2 is 2.09 bits per heavy atom. The number of hydrogen-bond acceptors (Lipinski definition) is 3. The smallest absolute Gasteiger partial charge is 0.224 e. The third-order valence-corrected chi connectivity index (χ3v) is 4.20. The molecule has 0 bridgehead atoms. The first-order chi connectivity index (χ1) is 10.4. The van der Waals surface area contributed by atoms with Crippen LogP contribution in [0, 0.1) is 11.3 Å². The second kappa shape index (κ2) is 7.14. The van der Waals surface area contributed by atoms with Crippen LogP contribution in [0.1, 0.15) is 39.2 Å². The zero-order chi connectivity index (χ0) is 16.2. The minimum atomic E-state index is -0.0558. The van der Waals surface area contributed by atoms with E-state index in [1.807, 2.05) is 6.07 Å². The summed E-state index contributed by atoms with van der Waals surface area (Å²) in [7, 11) is 0. The molecule has 1 aliphatic heterocycles. The average Bonchev–Trinajstić information content (AvgIpc) is 2.47. The number of phenolic OH excluding ortho intramolecular Hbond substituents is 1. The molecule has 0 aromatic heterocycles. The van der Waals surface area contributed by atoms with E-state index in [-0.39, 0.29) is 29.6 Å². The number of hydrogen-bond donors (Lipinski definition) is 2. The van der Waals surface area contributed by atoms with E-state index in [2.05, 4.69) is 26.1 Å². The second-order valence-electron chi connectivity index (χ2n) is 7.17. The van der Waals surface area contributed by atoms with Crippen molar-refractivity contribution in [3.8, 4) is 5.75 Å². The molecule has 2 rings (SSSR count). The molecule has 1 aromatic carbocycles. The number of nitrogens with one attached hydrogen (secondary N) is 1. The minimum Gasteiger partial charge on any atom is -0.508 e. The fourth-order valence-corrected chi connectivity index (χ4v) is 3.15. The molecule has 1 fully saturated rings. The Balaban J connectivity index is 1.88. The quantitative estimate of drug-likeness (QED) is 0.899. The highest BCUT2D eigenvalue weighted by Gasteiger charge is 2.35. The van der Waals surface area contributed by atoms with Crippen LogP contribution in [0.2, 0.25) is 0 Å². The first-order valence-corrected chi connectivity index (χ1v) is 8.03. The maximum Gasteiger partial charge on any atom is 0.224 e. The molecule has 2 N–H and O–H groups in total. The Labute approximate surface area is 132 Å². The predicted molar refractivity (Wildman–Crippen MR) is 86.7 cm³/mol. The van der Waals surface area contributed by atoms with E-state index in [0.717, 1.165) is 19.4 Å². The van der Waals surface area contributed by atoms with Crippen molar-refractivity contribution >= 4 is 5.91 Å². The summed E-state index contributed by atoms with van der Waals surface area (Å²) < 4.78 is 5.93. The van der Waals surface area contributed by atoms with Gasteiger partial charge in [-0.15, -0.1) is 0 Å². The molecule has 1 aliphatic rings. The Morgan fingerprint density at radius 3 is 2.77 bits per heavy atom. The Morgan fingerprint density at radius 1 is 1.36 bits per heavy atom. The number of benzene rings is 1. The van der Waals surface area contributed by atoms with E-state index in [1.165, 1.54) is 0 Å².